The monoisotopic (exact) mass is 348 g/mol. The summed E-state index contributed by atoms with van der Waals surface area (Å²) in [4.78, 5) is 15.6. The van der Waals surface area contributed by atoms with Gasteiger partial charge in [-0.15, -0.1) is 0 Å². The highest BCUT2D eigenvalue weighted by atomic mass is 16.5. The first-order valence-electron chi connectivity index (χ1n) is 8.56. The molecule has 6 nitrogen and oxygen atoms in total. The number of fused-ring (bicyclic) bond motifs is 1. The van der Waals surface area contributed by atoms with Crippen molar-refractivity contribution in [3.63, 3.8) is 0 Å². The van der Waals surface area contributed by atoms with Crippen LogP contribution in [0.3, 0.4) is 0 Å². The smallest absolute Gasteiger partial charge is 0.159 e. The van der Waals surface area contributed by atoms with E-state index >= 15 is 0 Å². The summed E-state index contributed by atoms with van der Waals surface area (Å²) in [5.74, 6) is 1.78. The summed E-state index contributed by atoms with van der Waals surface area (Å²) in [5, 5.41) is 10.1. The molecule has 0 saturated carbocycles. The lowest BCUT2D eigenvalue weighted by atomic mass is 10.1. The van der Waals surface area contributed by atoms with Gasteiger partial charge in [0.2, 0.25) is 0 Å². The fraction of sp³-hybridized carbons (Fsp3) is 0.250. The van der Waals surface area contributed by atoms with Crippen LogP contribution in [0.4, 0.5) is 0 Å². The summed E-state index contributed by atoms with van der Waals surface area (Å²) in [6.07, 6.45) is 6.28. The fourth-order valence-electron chi connectivity index (χ4n) is 3.21. The summed E-state index contributed by atoms with van der Waals surface area (Å²) in [7, 11) is 1.63. The van der Waals surface area contributed by atoms with Crippen molar-refractivity contribution in [3.8, 4) is 22.9 Å². The Hall–Kier alpha value is -2.99. The number of hydrogen-bond donors (Lipinski definition) is 1. The van der Waals surface area contributed by atoms with E-state index in [2.05, 4.69) is 14.9 Å². The molecule has 4 rings (SSSR count). The minimum absolute atomic E-state index is 0.292. The van der Waals surface area contributed by atoms with Gasteiger partial charge in [-0.05, 0) is 30.3 Å². The normalized spacial score (nSPS) is 14.0. The SMILES string of the molecule is COc1ccc(O)c(CN2CCc3nc(-c4ccncc4)ncc3C2)c1. The average Bonchev–Trinajstić information content (AvgIpc) is 2.70. The first-order valence-corrected chi connectivity index (χ1v) is 8.56. The first kappa shape index (κ1) is 16.5. The summed E-state index contributed by atoms with van der Waals surface area (Å²) in [6, 6.07) is 9.16. The second kappa shape index (κ2) is 7.09. The summed E-state index contributed by atoms with van der Waals surface area (Å²) >= 11 is 0. The van der Waals surface area contributed by atoms with Gasteiger partial charge in [0.1, 0.15) is 11.5 Å². The molecule has 0 radical (unpaired) electrons. The molecule has 0 aliphatic carbocycles. The summed E-state index contributed by atoms with van der Waals surface area (Å²) in [5.41, 5.74) is 4.07. The zero-order valence-corrected chi connectivity index (χ0v) is 14.6. The van der Waals surface area contributed by atoms with Crippen molar-refractivity contribution >= 4 is 0 Å². The quantitative estimate of drug-likeness (QED) is 0.782. The van der Waals surface area contributed by atoms with Crippen molar-refractivity contribution in [2.45, 2.75) is 19.5 Å². The van der Waals surface area contributed by atoms with E-state index in [1.807, 2.05) is 24.4 Å². The van der Waals surface area contributed by atoms with E-state index in [0.717, 1.165) is 53.5 Å². The molecule has 0 spiro atoms. The maximum Gasteiger partial charge on any atom is 0.159 e. The van der Waals surface area contributed by atoms with E-state index in [9.17, 15) is 5.11 Å². The minimum Gasteiger partial charge on any atom is -0.508 e. The molecule has 0 bridgehead atoms. The van der Waals surface area contributed by atoms with Crippen LogP contribution < -0.4 is 4.74 Å². The average molecular weight is 348 g/mol. The van der Waals surface area contributed by atoms with Crippen molar-refractivity contribution in [3.05, 3.63) is 65.7 Å². The number of hydrogen-bond acceptors (Lipinski definition) is 6. The van der Waals surface area contributed by atoms with Crippen LogP contribution in [0, 0.1) is 0 Å². The minimum atomic E-state index is 0.292. The van der Waals surface area contributed by atoms with Gasteiger partial charge in [-0.1, -0.05) is 0 Å². The highest BCUT2D eigenvalue weighted by molar-refractivity contribution is 5.54. The molecule has 2 aromatic heterocycles. The summed E-state index contributed by atoms with van der Waals surface area (Å²) < 4.78 is 5.26. The number of pyridine rings is 1. The molecule has 0 fully saturated rings. The molecule has 6 heteroatoms. The molecular formula is C20H20N4O2. The van der Waals surface area contributed by atoms with Gasteiger partial charge in [0, 0.05) is 61.3 Å². The van der Waals surface area contributed by atoms with Gasteiger partial charge < -0.3 is 9.84 Å². The van der Waals surface area contributed by atoms with Gasteiger partial charge >= 0.3 is 0 Å². The van der Waals surface area contributed by atoms with Gasteiger partial charge in [0.05, 0.1) is 12.8 Å². The standard InChI is InChI=1S/C20H20N4O2/c1-26-17-2-3-19(25)15(10-17)12-24-9-6-18-16(13-24)11-22-20(23-18)14-4-7-21-8-5-14/h2-5,7-8,10-11,25H,6,9,12-13H2,1H3. The van der Waals surface area contributed by atoms with Crippen LogP contribution in [0.25, 0.3) is 11.4 Å². The van der Waals surface area contributed by atoms with E-state index in [-0.39, 0.29) is 0 Å². The molecule has 1 aliphatic rings. The van der Waals surface area contributed by atoms with Crippen LogP contribution >= 0.6 is 0 Å². The second-order valence-corrected chi connectivity index (χ2v) is 6.36. The maximum absolute atomic E-state index is 10.1. The van der Waals surface area contributed by atoms with E-state index in [1.54, 1.807) is 31.6 Å². The highest BCUT2D eigenvalue weighted by Crippen LogP contribution is 2.27. The Morgan fingerprint density at radius 1 is 1.19 bits per heavy atom. The van der Waals surface area contributed by atoms with E-state index in [1.165, 1.54) is 0 Å². The third-order valence-electron chi connectivity index (χ3n) is 4.63. The lowest BCUT2D eigenvalue weighted by Crippen LogP contribution is -2.31. The topological polar surface area (TPSA) is 71.4 Å². The molecule has 1 aliphatic heterocycles. The number of benzene rings is 1. The molecule has 0 unspecified atom stereocenters. The van der Waals surface area contributed by atoms with Crippen molar-refractivity contribution in [1.82, 2.24) is 19.9 Å². The lowest BCUT2D eigenvalue weighted by molar-refractivity contribution is 0.239. The molecule has 26 heavy (non-hydrogen) atoms. The molecule has 1 aromatic carbocycles. The number of phenolic OH excluding ortho intramolecular Hbond substituents is 1. The second-order valence-electron chi connectivity index (χ2n) is 6.36. The van der Waals surface area contributed by atoms with Crippen molar-refractivity contribution in [2.75, 3.05) is 13.7 Å². The lowest BCUT2D eigenvalue weighted by Gasteiger charge is -2.28. The Balaban J connectivity index is 1.52. The molecule has 0 amide bonds. The Labute approximate surface area is 152 Å². The number of phenols is 1. The molecule has 0 saturated heterocycles. The maximum atomic E-state index is 10.1. The zero-order chi connectivity index (χ0) is 17.9. The van der Waals surface area contributed by atoms with Crippen LogP contribution in [0.15, 0.2) is 48.9 Å². The number of ether oxygens (including phenoxy) is 1. The van der Waals surface area contributed by atoms with Crippen LogP contribution in [0.5, 0.6) is 11.5 Å². The molecule has 0 atom stereocenters. The van der Waals surface area contributed by atoms with Crippen molar-refractivity contribution in [1.29, 1.82) is 0 Å². The highest BCUT2D eigenvalue weighted by Gasteiger charge is 2.20. The van der Waals surface area contributed by atoms with Gasteiger partial charge in [-0.3, -0.25) is 9.88 Å². The van der Waals surface area contributed by atoms with Crippen molar-refractivity contribution in [2.24, 2.45) is 0 Å². The molecular weight excluding hydrogens is 328 g/mol. The van der Waals surface area contributed by atoms with Gasteiger partial charge in [-0.25, -0.2) is 9.97 Å². The summed E-state index contributed by atoms with van der Waals surface area (Å²) in [6.45, 7) is 2.31. The Kier molecular flexibility index (Phi) is 4.50. The van der Waals surface area contributed by atoms with Crippen molar-refractivity contribution < 1.29 is 9.84 Å². The van der Waals surface area contributed by atoms with Crippen LogP contribution in [-0.4, -0.2) is 38.6 Å². The first-order chi connectivity index (χ1) is 12.7. The number of nitrogens with zero attached hydrogens (tertiary/aromatic N) is 4. The molecule has 1 N–H and O–H groups in total. The molecule has 3 heterocycles. The number of aromatic hydroxyl groups is 1. The van der Waals surface area contributed by atoms with E-state index in [0.29, 0.717) is 12.3 Å². The molecule has 3 aromatic rings. The van der Waals surface area contributed by atoms with Gasteiger partial charge in [0.25, 0.3) is 0 Å². The predicted molar refractivity (Wildman–Crippen MR) is 97.7 cm³/mol. The van der Waals surface area contributed by atoms with Crippen LogP contribution in [-0.2, 0) is 19.5 Å². The number of methoxy groups -OCH3 is 1. The molecule has 132 valence electrons. The zero-order valence-electron chi connectivity index (χ0n) is 14.6. The number of rotatable bonds is 4. The number of aromatic nitrogens is 3. The third-order valence-corrected chi connectivity index (χ3v) is 4.63. The van der Waals surface area contributed by atoms with E-state index in [4.69, 9.17) is 9.72 Å². The Morgan fingerprint density at radius 3 is 2.85 bits per heavy atom. The van der Waals surface area contributed by atoms with Crippen LogP contribution in [0.1, 0.15) is 16.8 Å². The van der Waals surface area contributed by atoms with E-state index < -0.39 is 0 Å². The largest absolute Gasteiger partial charge is 0.508 e. The third kappa shape index (κ3) is 3.36. The van der Waals surface area contributed by atoms with Crippen LogP contribution in [0.2, 0.25) is 0 Å². The van der Waals surface area contributed by atoms with Gasteiger partial charge in [-0.2, -0.15) is 0 Å². The fourth-order valence-corrected chi connectivity index (χ4v) is 3.21. The van der Waals surface area contributed by atoms with Gasteiger partial charge in [0.15, 0.2) is 5.82 Å². The Morgan fingerprint density at radius 2 is 2.04 bits per heavy atom. The predicted octanol–water partition coefficient (Wildman–Crippen LogP) is 2.81. The Bertz CT molecular complexity index is 915.